The van der Waals surface area contributed by atoms with Crippen LogP contribution in [0.2, 0.25) is 0 Å². The van der Waals surface area contributed by atoms with Gasteiger partial charge in [-0.3, -0.25) is 14.4 Å². The van der Waals surface area contributed by atoms with Gasteiger partial charge < -0.3 is 19.4 Å². The Kier molecular flexibility index (Phi) is 5.02. The Bertz CT molecular complexity index is 605. The second-order valence-corrected chi connectivity index (χ2v) is 5.88. The number of rotatable bonds is 4. The third-order valence-electron chi connectivity index (χ3n) is 4.09. The Hall–Kier alpha value is -2.38. The number of carbonyl (C=O) groups is 3. The van der Waals surface area contributed by atoms with E-state index in [1.807, 2.05) is 0 Å². The van der Waals surface area contributed by atoms with E-state index in [2.05, 4.69) is 5.16 Å². The maximum absolute atomic E-state index is 12.4. The zero-order valence-electron chi connectivity index (χ0n) is 13.5. The van der Waals surface area contributed by atoms with Gasteiger partial charge in [0.25, 0.3) is 5.91 Å². The highest BCUT2D eigenvalue weighted by molar-refractivity contribution is 5.98. The third-order valence-corrected chi connectivity index (χ3v) is 4.09. The predicted molar refractivity (Wildman–Crippen MR) is 79.9 cm³/mol. The number of aliphatic carboxylic acids is 1. The molecule has 23 heavy (non-hydrogen) atoms. The number of hydrogen-bond donors (Lipinski definition) is 1. The Morgan fingerprint density at radius 3 is 2.65 bits per heavy atom. The Balaban J connectivity index is 1.99. The van der Waals surface area contributed by atoms with E-state index in [0.717, 1.165) is 0 Å². The summed E-state index contributed by atoms with van der Waals surface area (Å²) >= 11 is 0. The van der Waals surface area contributed by atoms with Crippen LogP contribution in [0.3, 0.4) is 0 Å². The van der Waals surface area contributed by atoms with E-state index in [1.54, 1.807) is 13.8 Å². The number of aryl methyl sites for hydroxylation is 2. The lowest BCUT2D eigenvalue weighted by Gasteiger charge is -2.32. The molecular formula is C15H21N3O5. The predicted octanol–water partition coefficient (Wildman–Crippen LogP) is 0.687. The van der Waals surface area contributed by atoms with Crippen LogP contribution in [0, 0.1) is 19.8 Å². The van der Waals surface area contributed by atoms with Crippen LogP contribution in [0.4, 0.5) is 0 Å². The van der Waals surface area contributed by atoms with E-state index in [-0.39, 0.29) is 24.9 Å². The molecule has 0 bridgehead atoms. The average molecular weight is 323 g/mol. The summed E-state index contributed by atoms with van der Waals surface area (Å²) in [5, 5.41) is 12.8. The third kappa shape index (κ3) is 3.69. The van der Waals surface area contributed by atoms with Crippen LogP contribution in [0.5, 0.6) is 0 Å². The van der Waals surface area contributed by atoms with Gasteiger partial charge in [0.15, 0.2) is 0 Å². The van der Waals surface area contributed by atoms with Crippen molar-refractivity contribution in [1.29, 1.82) is 0 Å². The minimum Gasteiger partial charge on any atom is -0.481 e. The first-order chi connectivity index (χ1) is 10.8. The summed E-state index contributed by atoms with van der Waals surface area (Å²) in [6, 6.07) is 0. The highest BCUT2D eigenvalue weighted by atomic mass is 16.5. The molecule has 0 radical (unpaired) electrons. The van der Waals surface area contributed by atoms with Crippen LogP contribution in [-0.2, 0) is 9.59 Å². The van der Waals surface area contributed by atoms with Crippen LogP contribution >= 0.6 is 0 Å². The van der Waals surface area contributed by atoms with Gasteiger partial charge in [-0.1, -0.05) is 5.16 Å². The van der Waals surface area contributed by atoms with Crippen LogP contribution in [0.1, 0.15) is 34.7 Å². The molecule has 126 valence electrons. The topological polar surface area (TPSA) is 104 Å². The fourth-order valence-corrected chi connectivity index (χ4v) is 2.76. The molecule has 8 nitrogen and oxygen atoms in total. The van der Waals surface area contributed by atoms with Gasteiger partial charge in [-0.05, 0) is 26.7 Å². The van der Waals surface area contributed by atoms with Crippen molar-refractivity contribution in [2.75, 3.05) is 26.7 Å². The molecule has 2 heterocycles. The first kappa shape index (κ1) is 17.0. The largest absolute Gasteiger partial charge is 0.481 e. The van der Waals surface area contributed by atoms with E-state index in [1.165, 1.54) is 16.8 Å². The summed E-state index contributed by atoms with van der Waals surface area (Å²) in [6.07, 6.45) is 1.23. The molecule has 0 aliphatic carbocycles. The molecule has 2 amide bonds. The molecule has 1 aliphatic rings. The smallest absolute Gasteiger partial charge is 0.308 e. The molecule has 1 atom stereocenters. The molecule has 1 aliphatic heterocycles. The van der Waals surface area contributed by atoms with Crippen molar-refractivity contribution in [1.82, 2.24) is 15.0 Å². The van der Waals surface area contributed by atoms with Gasteiger partial charge in [-0.2, -0.15) is 0 Å². The first-order valence-corrected chi connectivity index (χ1v) is 7.50. The number of aromatic nitrogens is 1. The Labute approximate surface area is 134 Å². The second kappa shape index (κ2) is 6.80. The van der Waals surface area contributed by atoms with E-state index >= 15 is 0 Å². The lowest BCUT2D eigenvalue weighted by molar-refractivity contribution is -0.145. The minimum absolute atomic E-state index is 0.102. The fourth-order valence-electron chi connectivity index (χ4n) is 2.76. The summed E-state index contributed by atoms with van der Waals surface area (Å²) in [5.41, 5.74) is 0.845. The summed E-state index contributed by atoms with van der Waals surface area (Å²) in [5.74, 6) is -1.59. The molecule has 0 aromatic carbocycles. The SMILES string of the molecule is Cc1noc(C)c1C(=O)N(C)CC(=O)N1CCC[C@@H](C(=O)O)C1. The molecule has 1 aromatic heterocycles. The Morgan fingerprint density at radius 2 is 2.09 bits per heavy atom. The lowest BCUT2D eigenvalue weighted by Crippen LogP contribution is -2.47. The molecule has 0 spiro atoms. The molecule has 0 unspecified atom stereocenters. The molecule has 1 fully saturated rings. The zero-order chi connectivity index (χ0) is 17.1. The van der Waals surface area contributed by atoms with Crippen molar-refractivity contribution in [2.24, 2.45) is 5.92 Å². The summed E-state index contributed by atoms with van der Waals surface area (Å²) in [7, 11) is 1.53. The Morgan fingerprint density at radius 1 is 1.39 bits per heavy atom. The van der Waals surface area contributed by atoms with E-state index in [0.29, 0.717) is 36.4 Å². The number of likely N-dealkylation sites (N-methyl/N-ethyl adjacent to an activating group) is 1. The monoisotopic (exact) mass is 323 g/mol. The number of hydrogen-bond acceptors (Lipinski definition) is 5. The molecular weight excluding hydrogens is 302 g/mol. The van der Waals surface area contributed by atoms with Gasteiger partial charge >= 0.3 is 5.97 Å². The van der Waals surface area contributed by atoms with E-state index in [9.17, 15) is 14.4 Å². The molecule has 1 aromatic rings. The van der Waals surface area contributed by atoms with Crippen molar-refractivity contribution in [3.05, 3.63) is 17.0 Å². The average Bonchev–Trinajstić information content (AvgIpc) is 2.85. The highest BCUT2D eigenvalue weighted by Crippen LogP contribution is 2.18. The summed E-state index contributed by atoms with van der Waals surface area (Å²) in [6.45, 7) is 3.93. The highest BCUT2D eigenvalue weighted by Gasteiger charge is 2.30. The van der Waals surface area contributed by atoms with Gasteiger partial charge in [-0.25, -0.2) is 0 Å². The number of amides is 2. The number of piperidine rings is 1. The lowest BCUT2D eigenvalue weighted by atomic mass is 9.98. The van der Waals surface area contributed by atoms with Crippen LogP contribution < -0.4 is 0 Å². The van der Waals surface area contributed by atoms with E-state index < -0.39 is 11.9 Å². The molecule has 8 heteroatoms. The number of carboxylic acid groups (broad SMARTS) is 1. The standard InChI is InChI=1S/C15H21N3O5/c1-9-13(10(2)23-16-9)14(20)17(3)8-12(19)18-6-4-5-11(7-18)15(21)22/h11H,4-8H2,1-3H3,(H,21,22)/t11-/m1/s1. The van der Waals surface area contributed by atoms with Crippen LogP contribution in [0.15, 0.2) is 4.52 Å². The zero-order valence-corrected chi connectivity index (χ0v) is 13.5. The maximum Gasteiger partial charge on any atom is 0.308 e. The van der Waals surface area contributed by atoms with Crippen molar-refractivity contribution in [3.63, 3.8) is 0 Å². The number of carboxylic acids is 1. The van der Waals surface area contributed by atoms with Crippen LogP contribution in [-0.4, -0.2) is 64.5 Å². The molecule has 2 rings (SSSR count). The van der Waals surface area contributed by atoms with Gasteiger partial charge in [-0.15, -0.1) is 0 Å². The number of carbonyl (C=O) groups excluding carboxylic acids is 2. The van der Waals surface area contributed by atoms with Crippen molar-refractivity contribution in [2.45, 2.75) is 26.7 Å². The maximum atomic E-state index is 12.4. The second-order valence-electron chi connectivity index (χ2n) is 5.88. The van der Waals surface area contributed by atoms with Gasteiger partial charge in [0.05, 0.1) is 18.2 Å². The summed E-state index contributed by atoms with van der Waals surface area (Å²) < 4.78 is 4.97. The van der Waals surface area contributed by atoms with Crippen LogP contribution in [0.25, 0.3) is 0 Å². The van der Waals surface area contributed by atoms with Crippen molar-refractivity contribution < 1.29 is 24.0 Å². The van der Waals surface area contributed by atoms with Crippen molar-refractivity contribution >= 4 is 17.8 Å². The van der Waals surface area contributed by atoms with Gasteiger partial charge in [0, 0.05) is 20.1 Å². The fraction of sp³-hybridized carbons (Fsp3) is 0.600. The quantitative estimate of drug-likeness (QED) is 0.874. The van der Waals surface area contributed by atoms with Crippen molar-refractivity contribution in [3.8, 4) is 0 Å². The van der Waals surface area contributed by atoms with E-state index in [4.69, 9.17) is 9.63 Å². The number of nitrogens with zero attached hydrogens (tertiary/aromatic N) is 3. The summed E-state index contributed by atoms with van der Waals surface area (Å²) in [4.78, 5) is 38.6. The minimum atomic E-state index is -0.886. The first-order valence-electron chi connectivity index (χ1n) is 7.50. The van der Waals surface area contributed by atoms with Gasteiger partial charge in [0.2, 0.25) is 5.91 Å². The van der Waals surface area contributed by atoms with Gasteiger partial charge in [0.1, 0.15) is 11.3 Å². The molecule has 1 N–H and O–H groups in total. The molecule has 1 saturated heterocycles. The molecule has 0 saturated carbocycles. The normalized spacial score (nSPS) is 17.9. The number of likely N-dealkylation sites (tertiary alicyclic amines) is 1.